The smallest absolute Gasteiger partial charge is 0.191 e. The van der Waals surface area contributed by atoms with E-state index in [1.165, 1.54) is 29.5 Å². The summed E-state index contributed by atoms with van der Waals surface area (Å²) in [4.78, 5) is 8.49. The maximum atomic E-state index is 4.35. The van der Waals surface area contributed by atoms with Gasteiger partial charge in [0.25, 0.3) is 0 Å². The van der Waals surface area contributed by atoms with E-state index in [9.17, 15) is 0 Å². The molecule has 5 heteroatoms. The summed E-state index contributed by atoms with van der Waals surface area (Å²) in [6, 6.07) is 12.9. The molecule has 0 amide bonds. The fourth-order valence-electron chi connectivity index (χ4n) is 3.08. The molecule has 1 aliphatic carbocycles. The van der Waals surface area contributed by atoms with Crippen LogP contribution in [0.3, 0.4) is 0 Å². The first-order valence-electron chi connectivity index (χ1n) is 8.63. The van der Waals surface area contributed by atoms with Gasteiger partial charge in [-0.2, -0.15) is 0 Å². The Kier molecular flexibility index (Phi) is 7.23. The van der Waals surface area contributed by atoms with Gasteiger partial charge in [-0.25, -0.2) is 0 Å². The van der Waals surface area contributed by atoms with E-state index in [-0.39, 0.29) is 24.0 Å². The summed E-state index contributed by atoms with van der Waals surface area (Å²) >= 11 is 0. The van der Waals surface area contributed by atoms with E-state index in [4.69, 9.17) is 0 Å². The van der Waals surface area contributed by atoms with Crippen molar-refractivity contribution >= 4 is 29.9 Å². The minimum atomic E-state index is 0. The average molecular weight is 450 g/mol. The maximum absolute atomic E-state index is 4.35. The van der Waals surface area contributed by atoms with Gasteiger partial charge in [0.15, 0.2) is 5.96 Å². The number of nitrogens with one attached hydrogen (secondary N) is 2. The molecular formula is C20H27IN4. The molecule has 25 heavy (non-hydrogen) atoms. The first kappa shape index (κ1) is 19.7. The molecule has 0 bridgehead atoms. The van der Waals surface area contributed by atoms with Crippen LogP contribution in [0.25, 0.3) is 0 Å². The van der Waals surface area contributed by atoms with E-state index in [1.54, 1.807) is 0 Å². The number of aromatic nitrogens is 1. The Bertz CT molecular complexity index is 696. The van der Waals surface area contributed by atoms with Crippen molar-refractivity contribution in [3.63, 3.8) is 0 Å². The van der Waals surface area contributed by atoms with Crippen LogP contribution in [0.2, 0.25) is 0 Å². The average Bonchev–Trinajstić information content (AvgIpc) is 3.41. The van der Waals surface area contributed by atoms with Gasteiger partial charge in [0.05, 0.1) is 0 Å². The summed E-state index contributed by atoms with van der Waals surface area (Å²) in [7, 11) is 1.83. The van der Waals surface area contributed by atoms with Gasteiger partial charge in [0.2, 0.25) is 0 Å². The third-order valence-corrected chi connectivity index (χ3v) is 4.88. The highest BCUT2D eigenvalue weighted by Gasteiger charge is 2.43. The molecule has 1 aromatic heterocycles. The molecule has 3 rings (SSSR count). The Balaban J connectivity index is 0.00000225. The Hall–Kier alpha value is -1.63. The molecule has 0 atom stereocenters. The van der Waals surface area contributed by atoms with Gasteiger partial charge >= 0.3 is 0 Å². The van der Waals surface area contributed by atoms with Crippen LogP contribution >= 0.6 is 24.0 Å². The molecule has 1 fully saturated rings. The Morgan fingerprint density at radius 2 is 1.92 bits per heavy atom. The van der Waals surface area contributed by atoms with Crippen molar-refractivity contribution in [1.82, 2.24) is 15.6 Å². The van der Waals surface area contributed by atoms with Crippen molar-refractivity contribution in [2.45, 2.75) is 31.6 Å². The van der Waals surface area contributed by atoms with Gasteiger partial charge in [0, 0.05) is 37.9 Å². The molecule has 1 heterocycles. The van der Waals surface area contributed by atoms with Gasteiger partial charge in [-0.15, -0.1) is 24.0 Å². The highest BCUT2D eigenvalue weighted by Crippen LogP contribution is 2.47. The fourth-order valence-corrected chi connectivity index (χ4v) is 3.08. The number of aryl methyl sites for hydroxylation is 1. The summed E-state index contributed by atoms with van der Waals surface area (Å²) in [5, 5.41) is 6.91. The van der Waals surface area contributed by atoms with Crippen molar-refractivity contribution in [2.75, 3.05) is 20.1 Å². The van der Waals surface area contributed by atoms with Gasteiger partial charge < -0.3 is 10.6 Å². The fraction of sp³-hybridized carbons (Fsp3) is 0.400. The van der Waals surface area contributed by atoms with Crippen LogP contribution in [0.15, 0.2) is 53.8 Å². The number of pyridine rings is 1. The summed E-state index contributed by atoms with van der Waals surface area (Å²) in [6.07, 6.45) is 7.23. The third-order valence-electron chi connectivity index (χ3n) is 4.88. The number of aliphatic imine (C=N–C) groups is 1. The maximum Gasteiger partial charge on any atom is 0.191 e. The van der Waals surface area contributed by atoms with Gasteiger partial charge in [-0.1, -0.05) is 30.3 Å². The lowest BCUT2D eigenvalue weighted by Gasteiger charge is -2.19. The Morgan fingerprint density at radius 3 is 2.56 bits per heavy atom. The Morgan fingerprint density at radius 1 is 1.16 bits per heavy atom. The van der Waals surface area contributed by atoms with Crippen LogP contribution in [-0.2, 0) is 11.8 Å². The molecule has 0 aliphatic heterocycles. The number of guanidine groups is 1. The minimum absolute atomic E-state index is 0. The molecule has 4 nitrogen and oxygen atoms in total. The molecule has 2 N–H and O–H groups in total. The van der Waals surface area contributed by atoms with E-state index in [2.05, 4.69) is 63.9 Å². The molecule has 1 aliphatic rings. The largest absolute Gasteiger partial charge is 0.356 e. The van der Waals surface area contributed by atoms with Crippen LogP contribution in [0.1, 0.15) is 29.5 Å². The molecule has 0 radical (unpaired) electrons. The second kappa shape index (κ2) is 9.17. The van der Waals surface area contributed by atoms with Gasteiger partial charge in [-0.05, 0) is 48.9 Å². The van der Waals surface area contributed by atoms with Crippen molar-refractivity contribution in [2.24, 2.45) is 4.99 Å². The summed E-state index contributed by atoms with van der Waals surface area (Å²) < 4.78 is 0. The van der Waals surface area contributed by atoms with E-state index in [0.29, 0.717) is 5.41 Å². The number of benzene rings is 1. The van der Waals surface area contributed by atoms with Crippen LogP contribution in [-0.4, -0.2) is 31.1 Å². The second-order valence-corrected chi connectivity index (χ2v) is 6.55. The first-order valence-corrected chi connectivity index (χ1v) is 8.63. The standard InChI is InChI=1S/C20H26N4.HI/c1-16-14-22-12-8-17(16)9-13-23-19(21-2)24-15-20(10-11-20)18-6-4-3-5-7-18;/h3-8,12,14H,9-11,13,15H2,1-2H3,(H2,21,23,24);1H. The van der Waals surface area contributed by atoms with Crippen molar-refractivity contribution < 1.29 is 0 Å². The monoisotopic (exact) mass is 450 g/mol. The predicted octanol–water partition coefficient (Wildman–Crippen LogP) is 3.45. The lowest BCUT2D eigenvalue weighted by Crippen LogP contribution is -2.42. The quantitative estimate of drug-likeness (QED) is 0.403. The van der Waals surface area contributed by atoms with E-state index >= 15 is 0 Å². The lowest BCUT2D eigenvalue weighted by atomic mass is 9.96. The van der Waals surface area contributed by atoms with E-state index in [1.807, 2.05) is 19.4 Å². The number of nitrogens with zero attached hydrogens (tertiary/aromatic N) is 2. The highest BCUT2D eigenvalue weighted by molar-refractivity contribution is 14.0. The molecular weight excluding hydrogens is 423 g/mol. The number of halogens is 1. The van der Waals surface area contributed by atoms with Crippen molar-refractivity contribution in [3.05, 3.63) is 65.5 Å². The molecule has 1 aromatic carbocycles. The zero-order valence-corrected chi connectivity index (χ0v) is 17.3. The van der Waals surface area contributed by atoms with Gasteiger partial charge in [0.1, 0.15) is 0 Å². The minimum Gasteiger partial charge on any atom is -0.356 e. The number of hydrogen-bond acceptors (Lipinski definition) is 2. The molecule has 0 saturated heterocycles. The normalized spacial score (nSPS) is 15.2. The Labute approximate surface area is 167 Å². The predicted molar refractivity (Wildman–Crippen MR) is 115 cm³/mol. The lowest BCUT2D eigenvalue weighted by molar-refractivity contribution is 0.645. The highest BCUT2D eigenvalue weighted by atomic mass is 127. The second-order valence-electron chi connectivity index (χ2n) is 6.55. The zero-order valence-electron chi connectivity index (χ0n) is 15.0. The first-order chi connectivity index (χ1) is 11.7. The van der Waals surface area contributed by atoms with Crippen LogP contribution in [0.5, 0.6) is 0 Å². The molecule has 1 saturated carbocycles. The van der Waals surface area contributed by atoms with Crippen LogP contribution in [0.4, 0.5) is 0 Å². The molecule has 2 aromatic rings. The molecule has 0 unspecified atom stereocenters. The van der Waals surface area contributed by atoms with Crippen molar-refractivity contribution in [1.29, 1.82) is 0 Å². The van der Waals surface area contributed by atoms with Gasteiger partial charge in [-0.3, -0.25) is 9.98 Å². The van der Waals surface area contributed by atoms with E-state index < -0.39 is 0 Å². The molecule has 0 spiro atoms. The number of hydrogen-bond donors (Lipinski definition) is 2. The topological polar surface area (TPSA) is 49.3 Å². The third kappa shape index (κ3) is 5.17. The summed E-state index contributed by atoms with van der Waals surface area (Å²) in [5.74, 6) is 0.879. The van der Waals surface area contributed by atoms with Crippen LogP contribution in [0, 0.1) is 6.92 Å². The molecule has 134 valence electrons. The summed E-state index contributed by atoms with van der Waals surface area (Å²) in [5.41, 5.74) is 4.29. The van der Waals surface area contributed by atoms with Crippen molar-refractivity contribution in [3.8, 4) is 0 Å². The van der Waals surface area contributed by atoms with Crippen LogP contribution < -0.4 is 10.6 Å². The summed E-state index contributed by atoms with van der Waals surface area (Å²) in [6.45, 7) is 3.90. The zero-order chi connectivity index (χ0) is 16.8. The van der Waals surface area contributed by atoms with E-state index in [0.717, 1.165) is 25.5 Å². The SMILES string of the molecule is CN=C(NCCc1ccncc1C)NCC1(c2ccccc2)CC1.I. The number of rotatable bonds is 6.